The predicted octanol–water partition coefficient (Wildman–Crippen LogP) is 3.97. The van der Waals surface area contributed by atoms with Gasteiger partial charge in [-0.1, -0.05) is 19.1 Å². The van der Waals surface area contributed by atoms with Crippen LogP contribution in [0.3, 0.4) is 0 Å². The molecule has 1 aliphatic rings. The predicted molar refractivity (Wildman–Crippen MR) is 85.8 cm³/mol. The second-order valence-electron chi connectivity index (χ2n) is 5.74. The smallest absolute Gasteiger partial charge is 0.235 e. The van der Waals surface area contributed by atoms with Gasteiger partial charge in [-0.3, -0.25) is 10.1 Å². The highest BCUT2D eigenvalue weighted by molar-refractivity contribution is 6.53. The number of para-hydroxylation sites is 2. The van der Waals surface area contributed by atoms with E-state index in [9.17, 15) is 4.79 Å². The summed E-state index contributed by atoms with van der Waals surface area (Å²) in [7, 11) is 0. The van der Waals surface area contributed by atoms with E-state index in [2.05, 4.69) is 17.2 Å². The Labute approximate surface area is 133 Å². The summed E-state index contributed by atoms with van der Waals surface area (Å²) in [5.41, 5.74) is 1.13. The first kappa shape index (κ1) is 14.7. The molecule has 6 heteroatoms. The maximum absolute atomic E-state index is 12.4. The van der Waals surface area contributed by atoms with Crippen LogP contribution >= 0.6 is 23.2 Å². The summed E-state index contributed by atoms with van der Waals surface area (Å²) < 4.78 is 1.04. The summed E-state index contributed by atoms with van der Waals surface area (Å²) in [4.78, 5) is 16.9. The maximum Gasteiger partial charge on any atom is 0.235 e. The number of alkyl halides is 2. The number of anilines is 1. The van der Waals surface area contributed by atoms with Crippen molar-refractivity contribution in [2.45, 2.75) is 37.6 Å². The van der Waals surface area contributed by atoms with Gasteiger partial charge in [-0.2, -0.15) is 0 Å². The van der Waals surface area contributed by atoms with E-state index in [1.807, 2.05) is 28.8 Å². The van der Waals surface area contributed by atoms with Gasteiger partial charge in [0.15, 0.2) is 0 Å². The topological polar surface area (TPSA) is 46.9 Å². The van der Waals surface area contributed by atoms with Gasteiger partial charge < -0.3 is 4.57 Å². The number of rotatable bonds is 4. The Morgan fingerprint density at radius 1 is 1.43 bits per heavy atom. The second kappa shape index (κ2) is 4.89. The SMILES string of the molecule is CCCn1c(NC(=O)[C@@]2(C)CC2(Cl)Cl)nc2ccccc21. The summed E-state index contributed by atoms with van der Waals surface area (Å²) in [5, 5.41) is 2.89. The van der Waals surface area contributed by atoms with Gasteiger partial charge in [0.1, 0.15) is 4.33 Å². The van der Waals surface area contributed by atoms with E-state index in [0.717, 1.165) is 24.0 Å². The van der Waals surface area contributed by atoms with E-state index in [4.69, 9.17) is 23.2 Å². The molecule has 4 nitrogen and oxygen atoms in total. The lowest BCUT2D eigenvalue weighted by Crippen LogP contribution is -2.27. The van der Waals surface area contributed by atoms with Crippen LogP contribution in [-0.4, -0.2) is 19.8 Å². The van der Waals surface area contributed by atoms with Crippen LogP contribution in [-0.2, 0) is 11.3 Å². The molecule has 1 heterocycles. The molecule has 1 amide bonds. The monoisotopic (exact) mass is 325 g/mol. The number of halogens is 2. The molecule has 1 aromatic carbocycles. The Kier molecular flexibility index (Phi) is 3.41. The minimum atomic E-state index is -0.974. The zero-order chi connectivity index (χ0) is 15.3. The molecule has 3 rings (SSSR count). The summed E-state index contributed by atoms with van der Waals surface area (Å²) in [6, 6.07) is 7.83. The van der Waals surface area contributed by atoms with Crippen LogP contribution in [0.5, 0.6) is 0 Å². The first-order valence-corrected chi connectivity index (χ1v) is 7.79. The minimum Gasteiger partial charge on any atom is -0.310 e. The molecule has 1 saturated carbocycles. The van der Waals surface area contributed by atoms with Crippen molar-refractivity contribution in [1.82, 2.24) is 9.55 Å². The van der Waals surface area contributed by atoms with Gasteiger partial charge in [-0.25, -0.2) is 4.98 Å². The molecule has 1 N–H and O–H groups in total. The Bertz CT molecular complexity index is 710. The molecule has 0 aliphatic heterocycles. The van der Waals surface area contributed by atoms with Crippen molar-refractivity contribution in [1.29, 1.82) is 0 Å². The molecule has 21 heavy (non-hydrogen) atoms. The molecule has 1 aromatic heterocycles. The number of aromatic nitrogens is 2. The molecule has 2 aromatic rings. The molecule has 0 radical (unpaired) electrons. The average Bonchev–Trinajstić information content (AvgIpc) is 2.78. The Hall–Kier alpha value is -1.26. The van der Waals surface area contributed by atoms with Gasteiger partial charge in [0, 0.05) is 6.54 Å². The number of nitrogens with one attached hydrogen (secondary N) is 1. The summed E-state index contributed by atoms with van der Waals surface area (Å²) in [6.45, 7) is 4.65. The quantitative estimate of drug-likeness (QED) is 0.864. The molecule has 112 valence electrons. The maximum atomic E-state index is 12.4. The van der Waals surface area contributed by atoms with Crippen LogP contribution < -0.4 is 5.32 Å². The first-order valence-electron chi connectivity index (χ1n) is 7.03. The van der Waals surface area contributed by atoms with Crippen LogP contribution in [0.25, 0.3) is 11.0 Å². The van der Waals surface area contributed by atoms with Crippen LogP contribution in [0.2, 0.25) is 0 Å². The molecule has 1 aliphatic carbocycles. The zero-order valence-electron chi connectivity index (χ0n) is 12.0. The third-order valence-corrected chi connectivity index (χ3v) is 5.19. The normalized spacial score (nSPS) is 23.2. The number of hydrogen-bond acceptors (Lipinski definition) is 2. The van der Waals surface area contributed by atoms with Crippen molar-refractivity contribution in [2.24, 2.45) is 5.41 Å². The molecular formula is C15H17Cl2N3O. The number of fused-ring (bicyclic) bond motifs is 1. The van der Waals surface area contributed by atoms with Crippen molar-refractivity contribution in [2.75, 3.05) is 5.32 Å². The Morgan fingerprint density at radius 2 is 2.10 bits per heavy atom. The van der Waals surface area contributed by atoms with E-state index in [0.29, 0.717) is 12.4 Å². The molecule has 1 atom stereocenters. The Balaban J connectivity index is 1.94. The molecule has 1 fully saturated rings. The van der Waals surface area contributed by atoms with Gasteiger partial charge in [0.25, 0.3) is 0 Å². The van der Waals surface area contributed by atoms with E-state index in [1.165, 1.54) is 0 Å². The highest BCUT2D eigenvalue weighted by atomic mass is 35.5. The highest BCUT2D eigenvalue weighted by Crippen LogP contribution is 2.64. The molecule has 0 unspecified atom stereocenters. The fraction of sp³-hybridized carbons (Fsp3) is 0.467. The minimum absolute atomic E-state index is 0.180. The largest absolute Gasteiger partial charge is 0.310 e. The lowest BCUT2D eigenvalue weighted by atomic mass is 10.1. The van der Waals surface area contributed by atoms with E-state index >= 15 is 0 Å². The van der Waals surface area contributed by atoms with Crippen molar-refractivity contribution in [3.63, 3.8) is 0 Å². The number of carbonyl (C=O) groups excluding carboxylic acids is 1. The molecular weight excluding hydrogens is 309 g/mol. The number of carbonyl (C=O) groups is 1. The fourth-order valence-electron chi connectivity index (χ4n) is 2.51. The van der Waals surface area contributed by atoms with Crippen molar-refractivity contribution in [3.05, 3.63) is 24.3 Å². The van der Waals surface area contributed by atoms with Gasteiger partial charge in [0.2, 0.25) is 11.9 Å². The summed E-state index contributed by atoms with van der Waals surface area (Å²) in [5.74, 6) is 0.375. The number of aryl methyl sites for hydroxylation is 1. The van der Waals surface area contributed by atoms with Gasteiger partial charge in [-0.05, 0) is 31.9 Å². The lowest BCUT2D eigenvalue weighted by Gasteiger charge is -2.13. The third kappa shape index (κ3) is 2.30. The first-order chi connectivity index (χ1) is 9.89. The number of imidazole rings is 1. The van der Waals surface area contributed by atoms with E-state index < -0.39 is 9.75 Å². The highest BCUT2D eigenvalue weighted by Gasteiger charge is 2.68. The van der Waals surface area contributed by atoms with E-state index in [1.54, 1.807) is 6.92 Å². The number of benzene rings is 1. The number of amides is 1. The van der Waals surface area contributed by atoms with E-state index in [-0.39, 0.29) is 5.91 Å². The van der Waals surface area contributed by atoms with Crippen LogP contribution in [0.1, 0.15) is 26.7 Å². The van der Waals surface area contributed by atoms with Gasteiger partial charge >= 0.3 is 0 Å². The van der Waals surface area contributed by atoms with Gasteiger partial charge in [0.05, 0.1) is 16.4 Å². The van der Waals surface area contributed by atoms with Crippen LogP contribution in [0, 0.1) is 5.41 Å². The molecule has 0 saturated heterocycles. The fourth-order valence-corrected chi connectivity index (χ4v) is 3.21. The molecule has 0 spiro atoms. The van der Waals surface area contributed by atoms with Crippen molar-refractivity contribution in [3.8, 4) is 0 Å². The summed E-state index contributed by atoms with van der Waals surface area (Å²) in [6.07, 6.45) is 1.42. The standard InChI is InChI=1S/C15H17Cl2N3O/c1-3-8-20-11-7-5-4-6-10(11)18-13(20)19-12(21)14(2)9-15(14,16)17/h4-7H,3,8-9H2,1-2H3,(H,18,19,21)/t14-/m1/s1. The van der Waals surface area contributed by atoms with Crippen LogP contribution in [0.15, 0.2) is 24.3 Å². The second-order valence-corrected chi connectivity index (χ2v) is 7.23. The molecule has 0 bridgehead atoms. The van der Waals surface area contributed by atoms with Gasteiger partial charge in [-0.15, -0.1) is 23.2 Å². The zero-order valence-corrected chi connectivity index (χ0v) is 13.5. The number of hydrogen-bond donors (Lipinski definition) is 1. The average molecular weight is 326 g/mol. The van der Waals surface area contributed by atoms with Crippen LogP contribution in [0.4, 0.5) is 5.95 Å². The van der Waals surface area contributed by atoms with Crippen molar-refractivity contribution < 1.29 is 4.79 Å². The third-order valence-electron chi connectivity index (χ3n) is 4.09. The lowest BCUT2D eigenvalue weighted by molar-refractivity contribution is -0.120. The number of nitrogens with zero attached hydrogens (tertiary/aromatic N) is 2. The summed E-state index contributed by atoms with van der Waals surface area (Å²) >= 11 is 12.1. The van der Waals surface area contributed by atoms with Crippen molar-refractivity contribution >= 4 is 46.1 Å². The Morgan fingerprint density at radius 3 is 2.71 bits per heavy atom.